The molecule has 1 aliphatic heterocycles. The van der Waals surface area contributed by atoms with Gasteiger partial charge >= 0.3 is 0 Å². The van der Waals surface area contributed by atoms with Gasteiger partial charge in [-0.2, -0.15) is 5.10 Å². The molecule has 0 saturated carbocycles. The van der Waals surface area contributed by atoms with Crippen molar-refractivity contribution in [1.29, 1.82) is 0 Å². The summed E-state index contributed by atoms with van der Waals surface area (Å²) in [7, 11) is 1.86. The third kappa shape index (κ3) is 2.81. The molecule has 106 valence electrons. The van der Waals surface area contributed by atoms with Crippen molar-refractivity contribution in [2.75, 3.05) is 13.1 Å². The first-order valence-electron chi connectivity index (χ1n) is 7.10. The minimum Gasteiger partial charge on any atom is -0.334 e. The molecular formula is C14H24N4O. The molecule has 1 fully saturated rings. The van der Waals surface area contributed by atoms with Gasteiger partial charge in [-0.05, 0) is 25.2 Å². The number of carbonyl (C=O) groups is 1. The van der Waals surface area contributed by atoms with Crippen LogP contribution in [0.2, 0.25) is 0 Å². The van der Waals surface area contributed by atoms with Crippen molar-refractivity contribution in [3.05, 3.63) is 17.5 Å². The zero-order valence-electron chi connectivity index (χ0n) is 12.1. The molecule has 0 spiro atoms. The van der Waals surface area contributed by atoms with Crippen molar-refractivity contribution in [3.8, 4) is 0 Å². The fourth-order valence-corrected chi connectivity index (χ4v) is 2.87. The lowest BCUT2D eigenvalue weighted by Gasteiger charge is -2.38. The lowest BCUT2D eigenvalue weighted by Crippen LogP contribution is -2.49. The van der Waals surface area contributed by atoms with E-state index in [-0.39, 0.29) is 11.9 Å². The summed E-state index contributed by atoms with van der Waals surface area (Å²) in [6.45, 7) is 5.60. The zero-order valence-corrected chi connectivity index (χ0v) is 12.1. The van der Waals surface area contributed by atoms with Gasteiger partial charge in [-0.25, -0.2) is 0 Å². The number of nitrogens with zero attached hydrogens (tertiary/aromatic N) is 3. The van der Waals surface area contributed by atoms with Gasteiger partial charge in [0, 0.05) is 32.4 Å². The maximum atomic E-state index is 12.7. The standard InChI is InChI=1S/C14H24N4O/c1-4-13-12(9-17(3)16-13)14(19)18-6-5-10(2)7-11(18)8-15/h9-11H,4-8,15H2,1-3H3. The van der Waals surface area contributed by atoms with Crippen LogP contribution in [0.5, 0.6) is 0 Å². The Hall–Kier alpha value is -1.36. The Kier molecular flexibility index (Phi) is 4.24. The smallest absolute Gasteiger partial charge is 0.257 e. The second-order valence-corrected chi connectivity index (χ2v) is 5.53. The molecule has 1 aliphatic rings. The average Bonchev–Trinajstić information content (AvgIpc) is 2.79. The van der Waals surface area contributed by atoms with Gasteiger partial charge in [0.15, 0.2) is 0 Å². The molecule has 1 aromatic heterocycles. The minimum atomic E-state index is 0.0901. The summed E-state index contributed by atoms with van der Waals surface area (Å²) >= 11 is 0. The summed E-state index contributed by atoms with van der Waals surface area (Å²) in [5, 5.41) is 4.35. The van der Waals surface area contributed by atoms with Crippen molar-refractivity contribution in [1.82, 2.24) is 14.7 Å². The number of hydrogen-bond donors (Lipinski definition) is 1. The number of aryl methyl sites for hydroxylation is 2. The number of carbonyl (C=O) groups excluding carboxylic acids is 1. The summed E-state index contributed by atoms with van der Waals surface area (Å²) in [5.41, 5.74) is 7.44. The summed E-state index contributed by atoms with van der Waals surface area (Å²) in [4.78, 5) is 14.6. The zero-order chi connectivity index (χ0) is 14.0. The van der Waals surface area contributed by atoms with Gasteiger partial charge in [-0.3, -0.25) is 9.48 Å². The molecule has 1 aromatic rings. The molecule has 5 heteroatoms. The van der Waals surface area contributed by atoms with Crippen LogP contribution in [0.4, 0.5) is 0 Å². The van der Waals surface area contributed by atoms with E-state index in [4.69, 9.17) is 5.73 Å². The number of rotatable bonds is 3. The quantitative estimate of drug-likeness (QED) is 0.891. The molecule has 0 aromatic carbocycles. The summed E-state index contributed by atoms with van der Waals surface area (Å²) < 4.78 is 1.72. The normalized spacial score (nSPS) is 23.7. The third-order valence-corrected chi connectivity index (χ3v) is 3.98. The number of hydrogen-bond acceptors (Lipinski definition) is 3. The van der Waals surface area contributed by atoms with E-state index in [0.717, 1.165) is 37.1 Å². The van der Waals surface area contributed by atoms with E-state index in [1.165, 1.54) is 0 Å². The maximum Gasteiger partial charge on any atom is 0.257 e. The maximum absolute atomic E-state index is 12.7. The predicted molar refractivity (Wildman–Crippen MR) is 74.9 cm³/mol. The van der Waals surface area contributed by atoms with E-state index in [0.29, 0.717) is 12.5 Å². The first-order valence-corrected chi connectivity index (χ1v) is 7.10. The van der Waals surface area contributed by atoms with Crippen LogP contribution >= 0.6 is 0 Å². The van der Waals surface area contributed by atoms with E-state index >= 15 is 0 Å². The summed E-state index contributed by atoms with van der Waals surface area (Å²) in [6.07, 6.45) is 4.67. The molecule has 0 aliphatic carbocycles. The molecule has 1 amide bonds. The highest BCUT2D eigenvalue weighted by Gasteiger charge is 2.31. The Morgan fingerprint density at radius 3 is 2.95 bits per heavy atom. The topological polar surface area (TPSA) is 64.2 Å². The Morgan fingerprint density at radius 1 is 1.58 bits per heavy atom. The molecule has 2 rings (SSSR count). The van der Waals surface area contributed by atoms with Crippen molar-refractivity contribution in [3.63, 3.8) is 0 Å². The SMILES string of the molecule is CCc1nn(C)cc1C(=O)N1CCC(C)CC1CN. The van der Waals surface area contributed by atoms with Gasteiger partial charge in [0.25, 0.3) is 5.91 Å². The second-order valence-electron chi connectivity index (χ2n) is 5.53. The number of amides is 1. The first kappa shape index (κ1) is 14.1. The van der Waals surface area contributed by atoms with Gasteiger partial charge in [0.2, 0.25) is 0 Å². The summed E-state index contributed by atoms with van der Waals surface area (Å²) in [5.74, 6) is 0.740. The van der Waals surface area contributed by atoms with Crippen LogP contribution in [0.15, 0.2) is 6.20 Å². The van der Waals surface area contributed by atoms with Crippen LogP contribution in [-0.2, 0) is 13.5 Å². The highest BCUT2D eigenvalue weighted by Crippen LogP contribution is 2.24. The number of likely N-dealkylation sites (tertiary alicyclic amines) is 1. The number of piperidine rings is 1. The Labute approximate surface area is 114 Å². The minimum absolute atomic E-state index is 0.0901. The monoisotopic (exact) mass is 264 g/mol. The highest BCUT2D eigenvalue weighted by atomic mass is 16.2. The van der Waals surface area contributed by atoms with E-state index in [2.05, 4.69) is 12.0 Å². The molecule has 0 bridgehead atoms. The van der Waals surface area contributed by atoms with Gasteiger partial charge in [0.05, 0.1) is 11.3 Å². The highest BCUT2D eigenvalue weighted by molar-refractivity contribution is 5.95. The number of aromatic nitrogens is 2. The van der Waals surface area contributed by atoms with E-state index in [1.54, 1.807) is 4.68 Å². The lowest BCUT2D eigenvalue weighted by atomic mass is 9.92. The third-order valence-electron chi connectivity index (χ3n) is 3.98. The summed E-state index contributed by atoms with van der Waals surface area (Å²) in [6, 6.07) is 0.168. The van der Waals surface area contributed by atoms with Crippen molar-refractivity contribution in [2.45, 2.75) is 39.2 Å². The van der Waals surface area contributed by atoms with Gasteiger partial charge in [-0.1, -0.05) is 13.8 Å². The molecule has 2 N–H and O–H groups in total. The second kappa shape index (κ2) is 5.74. The van der Waals surface area contributed by atoms with Crippen LogP contribution in [0.25, 0.3) is 0 Å². The van der Waals surface area contributed by atoms with Gasteiger partial charge < -0.3 is 10.6 Å². The lowest BCUT2D eigenvalue weighted by molar-refractivity contribution is 0.0572. The van der Waals surface area contributed by atoms with Crippen LogP contribution in [0, 0.1) is 5.92 Å². The molecular weight excluding hydrogens is 240 g/mol. The van der Waals surface area contributed by atoms with Crippen molar-refractivity contribution in [2.24, 2.45) is 18.7 Å². The molecule has 2 heterocycles. The van der Waals surface area contributed by atoms with E-state index < -0.39 is 0 Å². The number of nitrogens with two attached hydrogens (primary N) is 1. The molecule has 2 atom stereocenters. The van der Waals surface area contributed by atoms with Gasteiger partial charge in [-0.15, -0.1) is 0 Å². The molecule has 0 radical (unpaired) electrons. The Bertz CT molecular complexity index is 454. The molecule has 2 unspecified atom stereocenters. The van der Waals surface area contributed by atoms with Crippen molar-refractivity contribution >= 4 is 5.91 Å². The Balaban J connectivity index is 2.22. The fourth-order valence-electron chi connectivity index (χ4n) is 2.87. The van der Waals surface area contributed by atoms with Crippen molar-refractivity contribution < 1.29 is 4.79 Å². The van der Waals surface area contributed by atoms with Gasteiger partial charge in [0.1, 0.15) is 0 Å². The molecule has 5 nitrogen and oxygen atoms in total. The average molecular weight is 264 g/mol. The Morgan fingerprint density at radius 2 is 2.32 bits per heavy atom. The van der Waals surface area contributed by atoms with E-state index in [9.17, 15) is 4.79 Å². The first-order chi connectivity index (χ1) is 9.06. The fraction of sp³-hybridized carbons (Fsp3) is 0.714. The predicted octanol–water partition coefficient (Wildman–Crippen LogP) is 1.18. The van der Waals surface area contributed by atoms with Crippen LogP contribution in [0.3, 0.4) is 0 Å². The van der Waals surface area contributed by atoms with E-state index in [1.807, 2.05) is 25.1 Å². The van der Waals surface area contributed by atoms with Crippen LogP contribution in [0.1, 0.15) is 42.7 Å². The molecule has 1 saturated heterocycles. The largest absolute Gasteiger partial charge is 0.334 e. The van der Waals surface area contributed by atoms with Crippen LogP contribution in [-0.4, -0.2) is 39.7 Å². The molecule has 19 heavy (non-hydrogen) atoms. The van der Waals surface area contributed by atoms with Crippen LogP contribution < -0.4 is 5.73 Å².